The molecule has 0 saturated heterocycles. The van der Waals surface area contributed by atoms with Gasteiger partial charge >= 0.3 is 5.97 Å². The van der Waals surface area contributed by atoms with Crippen molar-refractivity contribution in [1.29, 1.82) is 0 Å². The van der Waals surface area contributed by atoms with E-state index in [4.69, 9.17) is 10.2 Å². The summed E-state index contributed by atoms with van der Waals surface area (Å²) >= 11 is 0. The van der Waals surface area contributed by atoms with Crippen molar-refractivity contribution in [3.05, 3.63) is 18.0 Å². The van der Waals surface area contributed by atoms with Crippen LogP contribution in [0.1, 0.15) is 5.69 Å². The van der Waals surface area contributed by atoms with Crippen molar-refractivity contribution in [2.24, 2.45) is 7.05 Å². The molecule has 1 atom stereocenters. The summed E-state index contributed by atoms with van der Waals surface area (Å²) in [5.41, 5.74) is 0.576. The fourth-order valence-corrected chi connectivity index (χ4v) is 0.857. The van der Waals surface area contributed by atoms with E-state index in [-0.39, 0.29) is 6.42 Å². The van der Waals surface area contributed by atoms with Crippen LogP contribution in [0.3, 0.4) is 0 Å². The van der Waals surface area contributed by atoms with Crippen LogP contribution in [0.2, 0.25) is 0 Å². The molecule has 0 amide bonds. The van der Waals surface area contributed by atoms with Gasteiger partial charge in [-0.15, -0.1) is 0 Å². The van der Waals surface area contributed by atoms with Crippen molar-refractivity contribution >= 4 is 5.97 Å². The number of aliphatic carboxylic acids is 1. The number of carboxylic acids is 1. The number of nitrogens with zero attached hydrogens (tertiary/aromatic N) is 2. The molecule has 0 radical (unpaired) electrons. The Morgan fingerprint density at radius 2 is 2.50 bits per heavy atom. The predicted octanol–water partition coefficient (Wildman–Crippen LogP) is -0.592. The summed E-state index contributed by atoms with van der Waals surface area (Å²) in [6.07, 6.45) is 0.389. The van der Waals surface area contributed by atoms with Crippen LogP contribution < -0.4 is 0 Å². The van der Waals surface area contributed by atoms with Gasteiger partial charge in [-0.3, -0.25) is 4.68 Å². The lowest BCUT2D eigenvalue weighted by Gasteiger charge is -2.00. The number of aryl methyl sites for hydroxylation is 1. The van der Waals surface area contributed by atoms with Crippen LogP contribution >= 0.6 is 0 Å². The van der Waals surface area contributed by atoms with Crippen molar-refractivity contribution < 1.29 is 15.0 Å². The average Bonchev–Trinajstić information content (AvgIpc) is 2.35. The Balaban J connectivity index is 2.58. The second-order valence-corrected chi connectivity index (χ2v) is 2.54. The summed E-state index contributed by atoms with van der Waals surface area (Å²) in [7, 11) is 1.73. The Morgan fingerprint density at radius 3 is 2.92 bits per heavy atom. The Bertz CT molecular complexity index is 282. The standard InChI is InChI=1S/C7H10N2O3/c1-9-3-2-5(8-9)4-6(10)7(11)12/h2-3,6,10H,4H2,1H3,(H,11,12). The van der Waals surface area contributed by atoms with Gasteiger partial charge in [-0.25, -0.2) is 4.79 Å². The fraction of sp³-hybridized carbons (Fsp3) is 0.429. The Kier molecular flexibility index (Phi) is 2.44. The average molecular weight is 170 g/mol. The maximum absolute atomic E-state index is 10.2. The molecular weight excluding hydrogens is 160 g/mol. The molecular formula is C7H10N2O3. The van der Waals surface area contributed by atoms with Gasteiger partial charge in [0.1, 0.15) is 0 Å². The summed E-state index contributed by atoms with van der Waals surface area (Å²) < 4.78 is 1.56. The van der Waals surface area contributed by atoms with Crippen LogP contribution in [0.15, 0.2) is 12.3 Å². The molecule has 1 heterocycles. The molecule has 5 heteroatoms. The molecule has 0 aromatic carbocycles. The largest absolute Gasteiger partial charge is 0.479 e. The lowest BCUT2D eigenvalue weighted by atomic mass is 10.2. The number of aliphatic hydroxyl groups excluding tert-OH is 1. The van der Waals surface area contributed by atoms with Gasteiger partial charge in [-0.1, -0.05) is 0 Å². The van der Waals surface area contributed by atoms with Gasteiger partial charge in [-0.05, 0) is 6.07 Å². The Morgan fingerprint density at radius 1 is 1.83 bits per heavy atom. The van der Waals surface area contributed by atoms with Crippen LogP contribution in [-0.2, 0) is 18.3 Å². The fourth-order valence-electron chi connectivity index (χ4n) is 0.857. The Labute approximate surface area is 69.2 Å². The highest BCUT2D eigenvalue weighted by molar-refractivity contribution is 5.72. The third kappa shape index (κ3) is 2.06. The summed E-state index contributed by atoms with van der Waals surface area (Å²) in [6.45, 7) is 0. The monoisotopic (exact) mass is 170 g/mol. The van der Waals surface area contributed by atoms with E-state index < -0.39 is 12.1 Å². The molecule has 0 saturated carbocycles. The number of hydrogen-bond acceptors (Lipinski definition) is 3. The third-order valence-corrected chi connectivity index (χ3v) is 1.46. The first-order valence-corrected chi connectivity index (χ1v) is 3.49. The van der Waals surface area contributed by atoms with Gasteiger partial charge in [0.05, 0.1) is 5.69 Å². The minimum atomic E-state index is -1.36. The van der Waals surface area contributed by atoms with Crippen LogP contribution in [0, 0.1) is 0 Å². The lowest BCUT2D eigenvalue weighted by Crippen LogP contribution is -2.22. The molecule has 1 rings (SSSR count). The van der Waals surface area contributed by atoms with E-state index in [0.29, 0.717) is 5.69 Å². The van der Waals surface area contributed by atoms with E-state index in [2.05, 4.69) is 5.10 Å². The van der Waals surface area contributed by atoms with Crippen LogP contribution in [0.5, 0.6) is 0 Å². The summed E-state index contributed by atoms with van der Waals surface area (Å²) in [6, 6.07) is 1.67. The van der Waals surface area contributed by atoms with Crippen molar-refractivity contribution in [2.45, 2.75) is 12.5 Å². The molecule has 0 aliphatic heterocycles. The molecule has 0 fully saturated rings. The van der Waals surface area contributed by atoms with Gasteiger partial charge in [0, 0.05) is 19.7 Å². The van der Waals surface area contributed by atoms with Crippen LogP contribution in [-0.4, -0.2) is 32.1 Å². The molecule has 12 heavy (non-hydrogen) atoms. The van der Waals surface area contributed by atoms with Gasteiger partial charge < -0.3 is 10.2 Å². The minimum Gasteiger partial charge on any atom is -0.479 e. The predicted molar refractivity (Wildman–Crippen MR) is 40.6 cm³/mol. The maximum atomic E-state index is 10.2. The van der Waals surface area contributed by atoms with Gasteiger partial charge in [-0.2, -0.15) is 5.10 Å². The third-order valence-electron chi connectivity index (χ3n) is 1.46. The zero-order valence-electron chi connectivity index (χ0n) is 6.64. The van der Waals surface area contributed by atoms with Crippen molar-refractivity contribution in [2.75, 3.05) is 0 Å². The molecule has 1 aromatic heterocycles. The van der Waals surface area contributed by atoms with E-state index in [0.717, 1.165) is 0 Å². The maximum Gasteiger partial charge on any atom is 0.332 e. The molecule has 1 aromatic rings. The van der Waals surface area contributed by atoms with Crippen LogP contribution in [0.4, 0.5) is 0 Å². The zero-order chi connectivity index (χ0) is 9.14. The van der Waals surface area contributed by atoms with Crippen LogP contribution in [0.25, 0.3) is 0 Å². The van der Waals surface area contributed by atoms with Gasteiger partial charge in [0.25, 0.3) is 0 Å². The number of rotatable bonds is 3. The molecule has 0 aliphatic rings. The normalized spacial score (nSPS) is 12.8. The van der Waals surface area contributed by atoms with Crippen molar-refractivity contribution in [1.82, 2.24) is 9.78 Å². The first-order chi connectivity index (χ1) is 5.59. The molecule has 0 aliphatic carbocycles. The topological polar surface area (TPSA) is 75.4 Å². The molecule has 5 nitrogen and oxygen atoms in total. The van der Waals surface area contributed by atoms with E-state index >= 15 is 0 Å². The number of carboxylic acid groups (broad SMARTS) is 1. The number of carbonyl (C=O) groups is 1. The number of hydrogen-bond donors (Lipinski definition) is 2. The highest BCUT2D eigenvalue weighted by atomic mass is 16.4. The van der Waals surface area contributed by atoms with Gasteiger partial charge in [0.2, 0.25) is 0 Å². The number of aliphatic hydroxyl groups is 1. The second kappa shape index (κ2) is 3.36. The number of aromatic nitrogens is 2. The molecule has 0 spiro atoms. The Hall–Kier alpha value is -1.36. The summed E-state index contributed by atoms with van der Waals surface area (Å²) in [5, 5.41) is 21.2. The molecule has 0 bridgehead atoms. The summed E-state index contributed by atoms with van der Waals surface area (Å²) in [5.74, 6) is -1.22. The molecule has 2 N–H and O–H groups in total. The minimum absolute atomic E-state index is 0.0518. The highest BCUT2D eigenvalue weighted by Gasteiger charge is 2.14. The van der Waals surface area contributed by atoms with E-state index in [9.17, 15) is 4.79 Å². The molecule has 1 unspecified atom stereocenters. The first kappa shape index (κ1) is 8.73. The second-order valence-electron chi connectivity index (χ2n) is 2.54. The first-order valence-electron chi connectivity index (χ1n) is 3.49. The van der Waals surface area contributed by atoms with E-state index in [1.807, 2.05) is 0 Å². The molecule has 66 valence electrons. The van der Waals surface area contributed by atoms with E-state index in [1.54, 1.807) is 24.0 Å². The van der Waals surface area contributed by atoms with Gasteiger partial charge in [0.15, 0.2) is 6.10 Å². The van der Waals surface area contributed by atoms with Crippen molar-refractivity contribution in [3.8, 4) is 0 Å². The summed E-state index contributed by atoms with van der Waals surface area (Å²) in [4.78, 5) is 10.2. The van der Waals surface area contributed by atoms with Crippen molar-refractivity contribution in [3.63, 3.8) is 0 Å². The smallest absolute Gasteiger partial charge is 0.332 e. The zero-order valence-corrected chi connectivity index (χ0v) is 6.64. The SMILES string of the molecule is Cn1ccc(CC(O)C(=O)O)n1. The highest BCUT2D eigenvalue weighted by Crippen LogP contribution is 1.99. The van der Waals surface area contributed by atoms with E-state index in [1.165, 1.54) is 0 Å². The quantitative estimate of drug-likeness (QED) is 0.635. The lowest BCUT2D eigenvalue weighted by molar-refractivity contribution is -0.146.